The van der Waals surface area contributed by atoms with E-state index in [1.807, 2.05) is 11.2 Å². The fourth-order valence-electron chi connectivity index (χ4n) is 3.15. The average molecular weight is 346 g/mol. The molecule has 8 heteroatoms. The van der Waals surface area contributed by atoms with Crippen LogP contribution in [0.2, 0.25) is 0 Å². The van der Waals surface area contributed by atoms with Crippen molar-refractivity contribution in [2.45, 2.75) is 18.0 Å². The van der Waals surface area contributed by atoms with Crippen LogP contribution in [0.4, 0.5) is 5.82 Å². The lowest BCUT2D eigenvalue weighted by Gasteiger charge is -2.35. The summed E-state index contributed by atoms with van der Waals surface area (Å²) >= 11 is 1.47. The minimum Gasteiger partial charge on any atom is -0.353 e. The van der Waals surface area contributed by atoms with Crippen molar-refractivity contribution in [3.63, 3.8) is 0 Å². The quantitative estimate of drug-likeness (QED) is 0.590. The van der Waals surface area contributed by atoms with Crippen LogP contribution in [0.1, 0.15) is 18.4 Å². The molecule has 1 aromatic heterocycles. The highest BCUT2D eigenvalue weighted by atomic mass is 32.2. The maximum absolute atomic E-state index is 12.3. The lowest BCUT2D eigenvalue weighted by molar-refractivity contribution is -0.131. The smallest absolute Gasteiger partial charge is 0.236 e. The summed E-state index contributed by atoms with van der Waals surface area (Å²) in [5.74, 6) is 0.952. The van der Waals surface area contributed by atoms with Crippen molar-refractivity contribution in [3.05, 3.63) is 11.8 Å². The van der Waals surface area contributed by atoms with Crippen molar-refractivity contribution in [1.82, 2.24) is 19.8 Å². The first-order valence-corrected chi connectivity index (χ1v) is 9.50. The lowest BCUT2D eigenvalue weighted by Crippen LogP contribution is -2.50. The first kappa shape index (κ1) is 17.0. The number of aromatic nitrogens is 2. The van der Waals surface area contributed by atoms with E-state index in [1.54, 1.807) is 6.20 Å². The molecule has 0 saturated carbocycles. The predicted molar refractivity (Wildman–Crippen MR) is 93.0 cm³/mol. The minimum absolute atomic E-state index is 0.241. The van der Waals surface area contributed by atoms with Gasteiger partial charge in [-0.05, 0) is 19.1 Å². The predicted octanol–water partition coefficient (Wildman–Crippen LogP) is 0.815. The molecule has 0 atom stereocenters. The van der Waals surface area contributed by atoms with Crippen LogP contribution in [0.25, 0.3) is 0 Å². The van der Waals surface area contributed by atoms with E-state index < -0.39 is 0 Å². The Balaban J connectivity index is 1.59. The van der Waals surface area contributed by atoms with Gasteiger partial charge in [-0.2, -0.15) is 5.26 Å². The van der Waals surface area contributed by atoms with Gasteiger partial charge in [0.2, 0.25) is 5.91 Å². The third-order valence-corrected chi connectivity index (χ3v) is 5.10. The van der Waals surface area contributed by atoms with Gasteiger partial charge in [0.1, 0.15) is 11.6 Å². The monoisotopic (exact) mass is 346 g/mol. The molecular weight excluding hydrogens is 324 g/mol. The van der Waals surface area contributed by atoms with Crippen molar-refractivity contribution >= 4 is 23.5 Å². The van der Waals surface area contributed by atoms with E-state index in [0.717, 1.165) is 52.1 Å². The maximum atomic E-state index is 12.3. The molecule has 2 saturated heterocycles. The molecular formula is C16H22N6OS. The van der Waals surface area contributed by atoms with E-state index in [9.17, 15) is 10.1 Å². The lowest BCUT2D eigenvalue weighted by atomic mass is 10.2. The van der Waals surface area contributed by atoms with E-state index >= 15 is 0 Å². The standard InChI is InChI=1S/C16H22N6OS/c1-24-16-18-11-13(10-17)15(19-16)22-8-6-20(7-9-22)12-14(23)21-4-2-3-5-21/h11H,2-9,12H2,1H3. The molecule has 0 aliphatic carbocycles. The summed E-state index contributed by atoms with van der Waals surface area (Å²) in [5.41, 5.74) is 0.509. The van der Waals surface area contributed by atoms with Crippen molar-refractivity contribution in [2.24, 2.45) is 0 Å². The van der Waals surface area contributed by atoms with Gasteiger partial charge in [0.15, 0.2) is 11.0 Å². The number of piperazine rings is 1. The molecule has 24 heavy (non-hydrogen) atoms. The van der Waals surface area contributed by atoms with Gasteiger partial charge < -0.3 is 9.80 Å². The van der Waals surface area contributed by atoms with Crippen LogP contribution in [0, 0.1) is 11.3 Å². The number of hydrogen-bond donors (Lipinski definition) is 0. The van der Waals surface area contributed by atoms with Gasteiger partial charge in [-0.3, -0.25) is 9.69 Å². The summed E-state index contributed by atoms with van der Waals surface area (Å²) in [6.45, 7) is 5.47. The molecule has 0 spiro atoms. The highest BCUT2D eigenvalue weighted by molar-refractivity contribution is 7.98. The summed E-state index contributed by atoms with van der Waals surface area (Å²) in [7, 11) is 0. The number of hydrogen-bond acceptors (Lipinski definition) is 7. The molecule has 3 heterocycles. The molecule has 0 unspecified atom stereocenters. The summed E-state index contributed by atoms with van der Waals surface area (Å²) in [5, 5.41) is 9.96. The molecule has 3 rings (SSSR count). The molecule has 0 bridgehead atoms. The van der Waals surface area contributed by atoms with Crippen LogP contribution in [0.3, 0.4) is 0 Å². The largest absolute Gasteiger partial charge is 0.353 e. The summed E-state index contributed by atoms with van der Waals surface area (Å²) in [4.78, 5) is 27.2. The summed E-state index contributed by atoms with van der Waals surface area (Å²) in [6.07, 6.45) is 5.77. The number of likely N-dealkylation sites (tertiary alicyclic amines) is 1. The molecule has 7 nitrogen and oxygen atoms in total. The van der Waals surface area contributed by atoms with Crippen molar-refractivity contribution in [2.75, 3.05) is 57.0 Å². The number of nitriles is 1. The Morgan fingerprint density at radius 3 is 2.58 bits per heavy atom. The summed E-state index contributed by atoms with van der Waals surface area (Å²) in [6, 6.07) is 2.17. The highest BCUT2D eigenvalue weighted by Gasteiger charge is 2.25. The normalized spacial score (nSPS) is 18.7. The number of thioether (sulfide) groups is 1. The Bertz CT molecular complexity index is 632. The van der Waals surface area contributed by atoms with Crippen LogP contribution < -0.4 is 4.90 Å². The fourth-order valence-corrected chi connectivity index (χ4v) is 3.49. The van der Waals surface area contributed by atoms with Crippen LogP contribution in [0.15, 0.2) is 11.4 Å². The Labute approximate surface area is 146 Å². The van der Waals surface area contributed by atoms with E-state index in [0.29, 0.717) is 23.1 Å². The van der Waals surface area contributed by atoms with E-state index in [2.05, 4.69) is 25.8 Å². The maximum Gasteiger partial charge on any atom is 0.236 e. The molecule has 0 radical (unpaired) electrons. The Kier molecular flexibility index (Phi) is 5.53. The zero-order chi connectivity index (χ0) is 16.9. The van der Waals surface area contributed by atoms with Gasteiger partial charge in [0.25, 0.3) is 0 Å². The molecule has 1 aromatic rings. The van der Waals surface area contributed by atoms with Gasteiger partial charge in [-0.25, -0.2) is 9.97 Å². The molecule has 0 N–H and O–H groups in total. The first-order valence-electron chi connectivity index (χ1n) is 8.27. The molecule has 0 aromatic carbocycles. The SMILES string of the molecule is CSc1ncc(C#N)c(N2CCN(CC(=O)N3CCCC3)CC2)n1. The van der Waals surface area contributed by atoms with Crippen molar-refractivity contribution < 1.29 is 4.79 Å². The Morgan fingerprint density at radius 2 is 1.96 bits per heavy atom. The Hall–Kier alpha value is -1.85. The fraction of sp³-hybridized carbons (Fsp3) is 0.625. The minimum atomic E-state index is 0.241. The van der Waals surface area contributed by atoms with Crippen molar-refractivity contribution in [1.29, 1.82) is 5.26 Å². The van der Waals surface area contributed by atoms with Crippen LogP contribution >= 0.6 is 11.8 Å². The number of anilines is 1. The zero-order valence-corrected chi connectivity index (χ0v) is 14.8. The zero-order valence-electron chi connectivity index (χ0n) is 13.9. The number of amides is 1. The van der Waals surface area contributed by atoms with Gasteiger partial charge in [-0.1, -0.05) is 11.8 Å². The number of carbonyl (C=O) groups excluding carboxylic acids is 1. The van der Waals surface area contributed by atoms with Gasteiger partial charge in [0.05, 0.1) is 12.7 Å². The molecule has 1 amide bonds. The van der Waals surface area contributed by atoms with Crippen molar-refractivity contribution in [3.8, 4) is 6.07 Å². The van der Waals surface area contributed by atoms with Crippen LogP contribution in [0.5, 0.6) is 0 Å². The topological polar surface area (TPSA) is 76.4 Å². The molecule has 2 aliphatic rings. The molecule has 2 fully saturated rings. The molecule has 2 aliphatic heterocycles. The van der Waals surface area contributed by atoms with E-state index in [1.165, 1.54) is 11.8 Å². The van der Waals surface area contributed by atoms with Gasteiger partial charge in [-0.15, -0.1) is 0 Å². The second-order valence-corrected chi connectivity index (χ2v) is 6.83. The Morgan fingerprint density at radius 1 is 1.25 bits per heavy atom. The van der Waals surface area contributed by atoms with E-state index in [4.69, 9.17) is 0 Å². The van der Waals surface area contributed by atoms with Gasteiger partial charge in [0, 0.05) is 39.3 Å². The number of nitrogens with zero attached hydrogens (tertiary/aromatic N) is 6. The van der Waals surface area contributed by atoms with Gasteiger partial charge >= 0.3 is 0 Å². The second kappa shape index (κ2) is 7.81. The molecule has 128 valence electrons. The first-order chi connectivity index (χ1) is 11.7. The third-order valence-electron chi connectivity index (χ3n) is 4.54. The number of rotatable bonds is 4. The van der Waals surface area contributed by atoms with E-state index in [-0.39, 0.29) is 5.91 Å². The highest BCUT2D eigenvalue weighted by Crippen LogP contribution is 2.21. The average Bonchev–Trinajstić information content (AvgIpc) is 3.16. The third kappa shape index (κ3) is 3.79. The summed E-state index contributed by atoms with van der Waals surface area (Å²) < 4.78 is 0. The van der Waals surface area contributed by atoms with Crippen LogP contribution in [-0.4, -0.2) is 77.7 Å². The van der Waals surface area contributed by atoms with Crippen LogP contribution in [-0.2, 0) is 4.79 Å². The number of carbonyl (C=O) groups is 1. The second-order valence-electron chi connectivity index (χ2n) is 6.06.